The molecule has 0 fully saturated rings. The predicted molar refractivity (Wildman–Crippen MR) is 155 cm³/mol. The molecule has 40 heavy (non-hydrogen) atoms. The zero-order valence-corrected chi connectivity index (χ0v) is 24.3. The second-order valence-corrected chi connectivity index (χ2v) is 11.4. The van der Waals surface area contributed by atoms with E-state index in [1.54, 1.807) is 35.2 Å². The van der Waals surface area contributed by atoms with E-state index in [-0.39, 0.29) is 12.6 Å². The summed E-state index contributed by atoms with van der Waals surface area (Å²) in [6.45, 7) is 5.60. The lowest BCUT2D eigenvalue weighted by Crippen LogP contribution is -2.47. The summed E-state index contributed by atoms with van der Waals surface area (Å²) in [5.41, 5.74) is 4.59. The molecule has 0 radical (unpaired) electrons. The number of halogens is 1. The fourth-order valence-corrected chi connectivity index (χ4v) is 5.13. The highest BCUT2D eigenvalue weighted by Gasteiger charge is 2.33. The number of aliphatic hydroxyl groups is 1. The van der Waals surface area contributed by atoms with Crippen molar-refractivity contribution >= 4 is 23.7 Å². The maximum Gasteiger partial charge on any atom is 0.410 e. The van der Waals surface area contributed by atoms with E-state index >= 15 is 0 Å². The molecule has 4 rings (SSSR count). The molecule has 212 valence electrons. The molecule has 0 aromatic heterocycles. The van der Waals surface area contributed by atoms with Crippen molar-refractivity contribution in [2.45, 2.75) is 57.8 Å². The summed E-state index contributed by atoms with van der Waals surface area (Å²) in [6.07, 6.45) is 0.820. The quantitative estimate of drug-likeness (QED) is 0.324. The van der Waals surface area contributed by atoms with Crippen molar-refractivity contribution in [3.05, 3.63) is 87.9 Å². The van der Waals surface area contributed by atoms with Gasteiger partial charge in [-0.15, -0.1) is 0 Å². The number of carbonyl (C=O) groups is 2. The lowest BCUT2D eigenvalue weighted by Gasteiger charge is -2.37. The van der Waals surface area contributed by atoms with E-state index in [9.17, 15) is 14.7 Å². The van der Waals surface area contributed by atoms with Gasteiger partial charge in [-0.25, -0.2) is 9.59 Å². The minimum atomic E-state index is -0.890. The third-order valence-corrected chi connectivity index (χ3v) is 7.29. The number of methoxy groups -OCH3 is 2. The Hall–Kier alpha value is -3.55. The number of benzene rings is 3. The highest BCUT2D eigenvalue weighted by molar-refractivity contribution is 6.30. The smallest absolute Gasteiger partial charge is 0.410 e. The van der Waals surface area contributed by atoms with Gasteiger partial charge in [0.25, 0.3) is 0 Å². The molecule has 0 saturated heterocycles. The van der Waals surface area contributed by atoms with E-state index in [0.29, 0.717) is 28.3 Å². The molecule has 2 atom stereocenters. The number of rotatable bonds is 7. The van der Waals surface area contributed by atoms with Gasteiger partial charge in [0, 0.05) is 11.1 Å². The van der Waals surface area contributed by atoms with Crippen molar-refractivity contribution in [3.63, 3.8) is 0 Å². The van der Waals surface area contributed by atoms with Crippen LogP contribution in [0.5, 0.6) is 5.75 Å². The summed E-state index contributed by atoms with van der Waals surface area (Å²) < 4.78 is 16.1. The van der Waals surface area contributed by atoms with Gasteiger partial charge in [0.15, 0.2) is 0 Å². The van der Waals surface area contributed by atoms with Crippen molar-refractivity contribution in [3.8, 4) is 16.9 Å². The van der Waals surface area contributed by atoms with E-state index < -0.39 is 23.8 Å². The van der Waals surface area contributed by atoms with Crippen molar-refractivity contribution in [1.82, 2.24) is 4.90 Å². The number of hydrogen-bond donors (Lipinski definition) is 1. The summed E-state index contributed by atoms with van der Waals surface area (Å²) in [6, 6.07) is 18.5. The molecule has 7 nitrogen and oxygen atoms in total. The molecular weight excluding hydrogens is 530 g/mol. The first kappa shape index (κ1) is 29.4. The Morgan fingerprint density at radius 1 is 1.00 bits per heavy atom. The minimum absolute atomic E-state index is 0.0996. The van der Waals surface area contributed by atoms with Crippen LogP contribution in [0.1, 0.15) is 60.3 Å². The Kier molecular flexibility index (Phi) is 9.06. The zero-order chi connectivity index (χ0) is 29.0. The number of fused-ring (bicyclic) bond motifs is 1. The number of ether oxygens (including phenoxy) is 3. The third kappa shape index (κ3) is 6.95. The van der Waals surface area contributed by atoms with Crippen molar-refractivity contribution in [2.24, 2.45) is 0 Å². The van der Waals surface area contributed by atoms with Crippen LogP contribution in [0.15, 0.2) is 60.7 Å². The average molecular weight is 566 g/mol. The van der Waals surface area contributed by atoms with Gasteiger partial charge < -0.3 is 24.2 Å². The molecule has 0 spiro atoms. The lowest BCUT2D eigenvalue weighted by atomic mass is 9.85. The zero-order valence-electron chi connectivity index (χ0n) is 23.6. The Balaban J connectivity index is 1.61. The number of aryl methyl sites for hydroxylation is 1. The van der Waals surface area contributed by atoms with Crippen LogP contribution in [0.4, 0.5) is 4.79 Å². The molecule has 1 aliphatic carbocycles. The highest BCUT2D eigenvalue weighted by atomic mass is 35.5. The van der Waals surface area contributed by atoms with Crippen molar-refractivity contribution < 1.29 is 28.9 Å². The molecule has 3 aromatic carbocycles. The van der Waals surface area contributed by atoms with Crippen LogP contribution in [0, 0.1) is 0 Å². The summed E-state index contributed by atoms with van der Waals surface area (Å²) in [4.78, 5) is 27.1. The number of carbonyl (C=O) groups excluding carboxylic acids is 2. The van der Waals surface area contributed by atoms with Crippen molar-refractivity contribution in [1.29, 1.82) is 0 Å². The summed E-state index contributed by atoms with van der Waals surface area (Å²) >= 11 is 6.02. The second-order valence-electron chi connectivity index (χ2n) is 11.0. The largest absolute Gasteiger partial charge is 0.496 e. The summed E-state index contributed by atoms with van der Waals surface area (Å²) in [7, 11) is 2.86. The van der Waals surface area contributed by atoms with Gasteiger partial charge in [-0.1, -0.05) is 48.0 Å². The maximum absolute atomic E-state index is 13.4. The number of amides is 1. The summed E-state index contributed by atoms with van der Waals surface area (Å²) in [5, 5.41) is 11.6. The first-order chi connectivity index (χ1) is 19.0. The van der Waals surface area contributed by atoms with E-state index in [1.165, 1.54) is 19.8 Å². The molecule has 1 aliphatic rings. The van der Waals surface area contributed by atoms with Gasteiger partial charge >= 0.3 is 12.1 Å². The Bertz CT molecular complexity index is 1360. The maximum atomic E-state index is 13.4. The van der Waals surface area contributed by atoms with Crippen LogP contribution in [0.2, 0.25) is 5.02 Å². The Morgan fingerprint density at radius 2 is 1.68 bits per heavy atom. The molecular formula is C32H36ClNO6. The van der Waals surface area contributed by atoms with Gasteiger partial charge in [-0.3, -0.25) is 0 Å². The number of nitrogens with zero attached hydrogens (tertiary/aromatic N) is 1. The minimum Gasteiger partial charge on any atom is -0.496 e. The molecule has 0 saturated carbocycles. The molecule has 3 aromatic rings. The van der Waals surface area contributed by atoms with E-state index in [2.05, 4.69) is 18.2 Å². The number of hydrogen-bond acceptors (Lipinski definition) is 6. The fourth-order valence-electron chi connectivity index (χ4n) is 5.00. The van der Waals surface area contributed by atoms with Crippen molar-refractivity contribution in [2.75, 3.05) is 20.8 Å². The molecule has 1 amide bonds. The standard InChI is InChI=1S/C32H36ClNO6/c1-32(2,3)40-31(37)34(19-28(35)21-8-12-25(33)13-9-21)26-14-10-20-6-7-22(16-24(20)17-26)23-11-15-27(30(36)39-5)29(18-23)38-4/h6-9,11-13,15-16,18,26,28,35H,10,14,17,19H2,1-5H3. The lowest BCUT2D eigenvalue weighted by molar-refractivity contribution is 0.00194. The average Bonchev–Trinajstić information content (AvgIpc) is 2.93. The Morgan fingerprint density at radius 3 is 2.33 bits per heavy atom. The number of aliphatic hydroxyl groups excluding tert-OH is 1. The fraction of sp³-hybridized carbons (Fsp3) is 0.375. The van der Waals surface area contributed by atoms with Crippen LogP contribution in [-0.2, 0) is 22.3 Å². The van der Waals surface area contributed by atoms with E-state index in [4.69, 9.17) is 25.8 Å². The second kappa shape index (κ2) is 12.3. The number of esters is 1. The molecule has 2 unspecified atom stereocenters. The van der Waals surface area contributed by atoms with Crippen LogP contribution in [0.25, 0.3) is 11.1 Å². The van der Waals surface area contributed by atoms with Gasteiger partial charge in [0.2, 0.25) is 0 Å². The van der Waals surface area contributed by atoms with E-state index in [0.717, 1.165) is 29.5 Å². The highest BCUT2D eigenvalue weighted by Crippen LogP contribution is 2.33. The van der Waals surface area contributed by atoms with Gasteiger partial charge in [0.1, 0.15) is 16.9 Å². The Labute approximate surface area is 240 Å². The van der Waals surface area contributed by atoms with E-state index in [1.807, 2.05) is 32.9 Å². The van der Waals surface area contributed by atoms with Gasteiger partial charge in [0.05, 0.1) is 26.9 Å². The van der Waals surface area contributed by atoms with Gasteiger partial charge in [-0.2, -0.15) is 0 Å². The molecule has 0 bridgehead atoms. The molecule has 0 heterocycles. The normalized spacial score (nSPS) is 15.5. The van der Waals surface area contributed by atoms with Crippen LogP contribution in [-0.4, -0.2) is 54.5 Å². The SMILES string of the molecule is COC(=O)c1ccc(-c2ccc3c(c2)CC(N(CC(O)c2ccc(Cl)cc2)C(=O)OC(C)(C)C)CC3)cc1OC. The molecule has 1 N–H and O–H groups in total. The van der Waals surface area contributed by atoms with Crippen LogP contribution < -0.4 is 4.74 Å². The topological polar surface area (TPSA) is 85.3 Å². The summed E-state index contributed by atoms with van der Waals surface area (Å²) in [5.74, 6) is -0.0214. The third-order valence-electron chi connectivity index (χ3n) is 7.04. The monoisotopic (exact) mass is 565 g/mol. The first-order valence-electron chi connectivity index (χ1n) is 13.3. The molecule has 0 aliphatic heterocycles. The van der Waals surface area contributed by atoms with Crippen LogP contribution >= 0.6 is 11.6 Å². The molecule has 8 heteroatoms. The first-order valence-corrected chi connectivity index (χ1v) is 13.7. The predicted octanol–water partition coefficient (Wildman–Crippen LogP) is 6.63. The van der Waals surface area contributed by atoms with Crippen LogP contribution in [0.3, 0.4) is 0 Å². The van der Waals surface area contributed by atoms with Gasteiger partial charge in [-0.05, 0) is 92.1 Å².